The predicted octanol–water partition coefficient (Wildman–Crippen LogP) is 2.60. The van der Waals surface area contributed by atoms with Gasteiger partial charge in [-0.15, -0.1) is 0 Å². The van der Waals surface area contributed by atoms with Gasteiger partial charge in [0.05, 0.1) is 6.33 Å². The van der Waals surface area contributed by atoms with E-state index in [4.69, 9.17) is 25.8 Å². The van der Waals surface area contributed by atoms with Gasteiger partial charge in [0.25, 0.3) is 0 Å². The van der Waals surface area contributed by atoms with Crippen LogP contribution in [-0.2, 0) is 23.8 Å². The van der Waals surface area contributed by atoms with E-state index in [1.807, 2.05) is 29.5 Å². The molecule has 1 aliphatic heterocycles. The van der Waals surface area contributed by atoms with Gasteiger partial charge in [0, 0.05) is 42.2 Å². The number of hydrogen-bond acceptors (Lipinski definition) is 9. The summed E-state index contributed by atoms with van der Waals surface area (Å²) >= 11 is 9.75. The van der Waals surface area contributed by atoms with Crippen LogP contribution in [0, 0.1) is 3.83 Å². The van der Waals surface area contributed by atoms with E-state index < -0.39 is 36.5 Å². The molecule has 2 aromatic rings. The van der Waals surface area contributed by atoms with Crippen LogP contribution in [0.4, 0.5) is 0 Å². The van der Waals surface area contributed by atoms with Crippen LogP contribution in [0.3, 0.4) is 0 Å². The standard InChI is InChI=1S/C16H18ClIN4O5S/c1-4-28-5-9-11(25-7(2)23)12(26-8(3)24)15(27-9)22-6-19-10-13(17)20-16(18)21-14(10)22/h6,9,11-12,15H,4-5H2,1-3H3/t9-,11-,12-,15-/m1/s1. The number of thioether (sulfide) groups is 1. The van der Waals surface area contributed by atoms with E-state index in [1.54, 1.807) is 16.3 Å². The Balaban J connectivity index is 2.04. The van der Waals surface area contributed by atoms with Crippen molar-refractivity contribution < 1.29 is 23.8 Å². The normalized spacial score (nSPS) is 24.5. The van der Waals surface area contributed by atoms with E-state index in [0.29, 0.717) is 20.7 Å². The monoisotopic (exact) mass is 540 g/mol. The Bertz CT molecular complexity index is 897. The zero-order chi connectivity index (χ0) is 20.4. The minimum absolute atomic E-state index is 0.213. The summed E-state index contributed by atoms with van der Waals surface area (Å²) in [6.45, 7) is 4.62. The van der Waals surface area contributed by atoms with E-state index >= 15 is 0 Å². The Hall–Kier alpha value is -1.18. The number of ether oxygens (including phenoxy) is 3. The van der Waals surface area contributed by atoms with Crippen LogP contribution in [0.5, 0.6) is 0 Å². The first-order chi connectivity index (χ1) is 13.3. The SMILES string of the molecule is CCSC[C@H]1O[C@@H](n2cnc3c(Cl)nc(I)nc32)[C@H](OC(C)=O)[C@@H]1OC(C)=O. The molecule has 3 rings (SSSR count). The molecule has 2 aromatic heterocycles. The number of esters is 2. The van der Waals surface area contributed by atoms with Crippen LogP contribution in [0.25, 0.3) is 11.2 Å². The van der Waals surface area contributed by atoms with E-state index in [9.17, 15) is 9.59 Å². The average molecular weight is 541 g/mol. The highest BCUT2D eigenvalue weighted by Crippen LogP contribution is 2.37. The number of halogens is 2. The van der Waals surface area contributed by atoms with Crippen molar-refractivity contribution in [2.45, 2.75) is 45.3 Å². The highest BCUT2D eigenvalue weighted by atomic mass is 127. The van der Waals surface area contributed by atoms with E-state index in [-0.39, 0.29) is 5.15 Å². The molecule has 0 radical (unpaired) electrons. The maximum absolute atomic E-state index is 11.7. The second-order valence-electron chi connectivity index (χ2n) is 5.98. The zero-order valence-electron chi connectivity index (χ0n) is 15.3. The maximum Gasteiger partial charge on any atom is 0.303 e. The molecule has 152 valence electrons. The minimum Gasteiger partial charge on any atom is -0.456 e. The van der Waals surface area contributed by atoms with Gasteiger partial charge >= 0.3 is 11.9 Å². The fraction of sp³-hybridized carbons (Fsp3) is 0.562. The predicted molar refractivity (Wildman–Crippen MR) is 111 cm³/mol. The molecule has 0 aromatic carbocycles. The molecule has 0 spiro atoms. The lowest BCUT2D eigenvalue weighted by molar-refractivity contribution is -0.165. The molecule has 0 saturated carbocycles. The maximum atomic E-state index is 11.7. The molecule has 0 N–H and O–H groups in total. The Kier molecular flexibility index (Phi) is 6.99. The molecule has 0 aliphatic carbocycles. The van der Waals surface area contributed by atoms with Gasteiger partial charge in [-0.2, -0.15) is 11.8 Å². The third kappa shape index (κ3) is 4.52. The van der Waals surface area contributed by atoms with E-state index in [0.717, 1.165) is 5.75 Å². The fourth-order valence-corrected chi connectivity index (χ4v) is 4.56. The van der Waals surface area contributed by atoms with Gasteiger partial charge in [0.2, 0.25) is 0 Å². The summed E-state index contributed by atoms with van der Waals surface area (Å²) in [5.41, 5.74) is 0.847. The third-order valence-corrected chi connectivity index (χ3v) is 5.72. The lowest BCUT2D eigenvalue weighted by Gasteiger charge is -2.23. The number of imidazole rings is 1. The molecule has 0 bridgehead atoms. The number of carbonyl (C=O) groups excluding carboxylic acids is 2. The van der Waals surface area contributed by atoms with Crippen LogP contribution in [0.2, 0.25) is 5.15 Å². The molecule has 3 heterocycles. The first-order valence-corrected chi connectivity index (χ1v) is 11.1. The topological polar surface area (TPSA) is 105 Å². The van der Waals surface area contributed by atoms with Crippen molar-refractivity contribution in [3.63, 3.8) is 0 Å². The summed E-state index contributed by atoms with van der Waals surface area (Å²) in [5, 5.41) is 0.213. The third-order valence-electron chi connectivity index (χ3n) is 4.00. The quantitative estimate of drug-likeness (QED) is 0.237. The molecule has 4 atom stereocenters. The first-order valence-electron chi connectivity index (χ1n) is 8.45. The van der Waals surface area contributed by atoms with Gasteiger partial charge in [0.1, 0.15) is 11.6 Å². The Labute approximate surface area is 184 Å². The highest BCUT2D eigenvalue weighted by Gasteiger charge is 2.50. The van der Waals surface area contributed by atoms with Crippen molar-refractivity contribution >= 4 is 69.1 Å². The number of aromatic nitrogens is 4. The van der Waals surface area contributed by atoms with Crippen LogP contribution >= 0.6 is 46.0 Å². The molecule has 0 amide bonds. The van der Waals surface area contributed by atoms with E-state index in [2.05, 4.69) is 15.0 Å². The first kappa shape index (κ1) is 21.5. The Morgan fingerprint density at radius 1 is 1.29 bits per heavy atom. The summed E-state index contributed by atoms with van der Waals surface area (Å²) in [4.78, 5) is 36.1. The second-order valence-corrected chi connectivity index (χ2v) is 8.62. The Morgan fingerprint density at radius 3 is 2.61 bits per heavy atom. The number of rotatable bonds is 6. The molecule has 0 unspecified atom stereocenters. The van der Waals surface area contributed by atoms with Gasteiger partial charge in [-0.25, -0.2) is 15.0 Å². The van der Waals surface area contributed by atoms with Gasteiger partial charge in [-0.1, -0.05) is 18.5 Å². The molecule has 28 heavy (non-hydrogen) atoms. The smallest absolute Gasteiger partial charge is 0.303 e. The second kappa shape index (κ2) is 9.09. The summed E-state index contributed by atoms with van der Waals surface area (Å²) in [5.74, 6) is 0.451. The van der Waals surface area contributed by atoms with Gasteiger partial charge in [0.15, 0.2) is 33.1 Å². The summed E-state index contributed by atoms with van der Waals surface area (Å²) in [6, 6.07) is 0. The molecule has 9 nitrogen and oxygen atoms in total. The average Bonchev–Trinajstić information content (AvgIpc) is 3.15. The van der Waals surface area contributed by atoms with Gasteiger partial charge < -0.3 is 14.2 Å². The van der Waals surface area contributed by atoms with Crippen molar-refractivity contribution in [2.75, 3.05) is 11.5 Å². The van der Waals surface area contributed by atoms with Crippen molar-refractivity contribution in [3.8, 4) is 0 Å². The molecule has 1 aliphatic rings. The lowest BCUT2D eigenvalue weighted by atomic mass is 10.1. The largest absolute Gasteiger partial charge is 0.456 e. The van der Waals surface area contributed by atoms with E-state index in [1.165, 1.54) is 20.2 Å². The van der Waals surface area contributed by atoms with Crippen molar-refractivity contribution in [2.24, 2.45) is 0 Å². The lowest BCUT2D eigenvalue weighted by Crippen LogP contribution is -2.39. The van der Waals surface area contributed by atoms with Gasteiger partial charge in [-0.05, 0) is 5.75 Å². The summed E-state index contributed by atoms with van der Waals surface area (Å²) in [7, 11) is 0. The van der Waals surface area contributed by atoms with Crippen LogP contribution in [0.1, 0.15) is 27.0 Å². The number of fused-ring (bicyclic) bond motifs is 1. The van der Waals surface area contributed by atoms with Gasteiger partial charge in [-0.3, -0.25) is 14.2 Å². The molecular weight excluding hydrogens is 523 g/mol. The van der Waals surface area contributed by atoms with Crippen molar-refractivity contribution in [1.29, 1.82) is 0 Å². The zero-order valence-corrected chi connectivity index (χ0v) is 19.0. The summed E-state index contributed by atoms with van der Waals surface area (Å²) < 4.78 is 19.2. The molecular formula is C16H18ClIN4O5S. The Morgan fingerprint density at radius 2 is 1.96 bits per heavy atom. The molecule has 12 heteroatoms. The molecule has 1 saturated heterocycles. The number of hydrogen-bond donors (Lipinski definition) is 0. The van der Waals surface area contributed by atoms with Crippen LogP contribution in [0.15, 0.2) is 6.33 Å². The number of nitrogens with zero attached hydrogens (tertiary/aromatic N) is 4. The van der Waals surface area contributed by atoms with Crippen molar-refractivity contribution in [3.05, 3.63) is 15.3 Å². The molecule has 1 fully saturated rings. The van der Waals surface area contributed by atoms with Crippen molar-refractivity contribution in [1.82, 2.24) is 19.5 Å². The summed E-state index contributed by atoms with van der Waals surface area (Å²) in [6.07, 6.45) is -1.34. The minimum atomic E-state index is -0.854. The highest BCUT2D eigenvalue weighted by molar-refractivity contribution is 14.1. The van der Waals surface area contributed by atoms with Crippen LogP contribution < -0.4 is 0 Å². The fourth-order valence-electron chi connectivity index (χ4n) is 2.99. The number of carbonyl (C=O) groups is 2. The van der Waals surface area contributed by atoms with Crippen LogP contribution in [-0.4, -0.2) is 61.3 Å².